The Bertz CT molecular complexity index is 428. The second-order valence-electron chi connectivity index (χ2n) is 5.01. The number of carbonyl (C=O) groups excluding carboxylic acids is 1. The molecule has 3 atom stereocenters. The second kappa shape index (κ2) is 8.67. The van der Waals surface area contributed by atoms with E-state index in [0.717, 1.165) is 12.8 Å². The molecule has 1 rings (SSSR count). The summed E-state index contributed by atoms with van der Waals surface area (Å²) >= 11 is 0. The maximum atomic E-state index is 11.9. The first-order valence-corrected chi connectivity index (χ1v) is 7.40. The molecule has 21 heavy (non-hydrogen) atoms. The van der Waals surface area contributed by atoms with Crippen molar-refractivity contribution in [3.63, 3.8) is 0 Å². The molecule has 0 amide bonds. The summed E-state index contributed by atoms with van der Waals surface area (Å²) in [6.07, 6.45) is 3.32. The molecule has 7 heteroatoms. The molecule has 118 valence electrons. The van der Waals surface area contributed by atoms with Crippen molar-refractivity contribution in [1.29, 1.82) is 0 Å². The van der Waals surface area contributed by atoms with E-state index in [1.807, 2.05) is 13.8 Å². The summed E-state index contributed by atoms with van der Waals surface area (Å²) in [6.45, 7) is 6.11. The highest BCUT2D eigenvalue weighted by Gasteiger charge is 2.34. The molecule has 7 nitrogen and oxygen atoms in total. The van der Waals surface area contributed by atoms with Crippen LogP contribution in [0.15, 0.2) is 16.8 Å². The number of hydrogen-bond acceptors (Lipinski definition) is 5. The van der Waals surface area contributed by atoms with Crippen LogP contribution in [0.1, 0.15) is 40.0 Å². The topological polar surface area (TPSA) is 110 Å². The third kappa shape index (κ3) is 4.74. The van der Waals surface area contributed by atoms with Crippen molar-refractivity contribution < 1.29 is 14.3 Å². The lowest BCUT2D eigenvalue weighted by molar-refractivity contribution is -0.139. The molecule has 0 aromatic rings. The Morgan fingerprint density at radius 2 is 2.19 bits per heavy atom. The summed E-state index contributed by atoms with van der Waals surface area (Å²) in [5.74, 6) is -0.402. The molecule has 2 N–H and O–H groups in total. The SMILES string of the molecule is CCOC(=O)C1=C[C@@H](OC(CC)CC)[C@H](N)[C@H](N=[N+]=[N-])C1. The van der Waals surface area contributed by atoms with Gasteiger partial charge in [0.2, 0.25) is 0 Å². The van der Waals surface area contributed by atoms with E-state index in [2.05, 4.69) is 10.0 Å². The maximum absolute atomic E-state index is 11.9. The molecule has 0 aromatic heterocycles. The smallest absolute Gasteiger partial charge is 0.333 e. The minimum absolute atomic E-state index is 0.0607. The third-order valence-electron chi connectivity index (χ3n) is 3.62. The Kier molecular flexibility index (Phi) is 7.22. The fraction of sp³-hybridized carbons (Fsp3) is 0.786. The first-order chi connectivity index (χ1) is 10.1. The predicted molar refractivity (Wildman–Crippen MR) is 79.5 cm³/mol. The van der Waals surface area contributed by atoms with Gasteiger partial charge in [0, 0.05) is 16.5 Å². The average molecular weight is 296 g/mol. The maximum Gasteiger partial charge on any atom is 0.333 e. The fourth-order valence-electron chi connectivity index (χ4n) is 2.35. The monoisotopic (exact) mass is 296 g/mol. The Labute approximate surface area is 125 Å². The molecule has 0 bridgehead atoms. The van der Waals surface area contributed by atoms with Gasteiger partial charge in [0.25, 0.3) is 0 Å². The van der Waals surface area contributed by atoms with Gasteiger partial charge in [-0.25, -0.2) is 4.79 Å². The van der Waals surface area contributed by atoms with Gasteiger partial charge >= 0.3 is 5.97 Å². The van der Waals surface area contributed by atoms with E-state index in [-0.39, 0.29) is 12.5 Å². The van der Waals surface area contributed by atoms with Gasteiger partial charge in [-0.1, -0.05) is 19.0 Å². The molecule has 0 saturated heterocycles. The highest BCUT2D eigenvalue weighted by molar-refractivity contribution is 5.89. The summed E-state index contributed by atoms with van der Waals surface area (Å²) in [6, 6.07) is -0.960. The molecule has 0 fully saturated rings. The van der Waals surface area contributed by atoms with Crippen LogP contribution in [0.2, 0.25) is 0 Å². The summed E-state index contributed by atoms with van der Waals surface area (Å²) in [5.41, 5.74) is 15.2. The summed E-state index contributed by atoms with van der Waals surface area (Å²) < 4.78 is 11.0. The van der Waals surface area contributed by atoms with Crippen LogP contribution in [0.3, 0.4) is 0 Å². The van der Waals surface area contributed by atoms with E-state index >= 15 is 0 Å². The molecule has 1 aliphatic rings. The highest BCUT2D eigenvalue weighted by Crippen LogP contribution is 2.25. The number of rotatable bonds is 7. The molecule has 0 unspecified atom stereocenters. The Morgan fingerprint density at radius 3 is 2.71 bits per heavy atom. The number of nitrogens with zero attached hydrogens (tertiary/aromatic N) is 3. The van der Waals surface area contributed by atoms with Crippen molar-refractivity contribution in [2.45, 2.75) is 64.3 Å². The van der Waals surface area contributed by atoms with Gasteiger partial charge in [-0.2, -0.15) is 0 Å². The third-order valence-corrected chi connectivity index (χ3v) is 3.62. The van der Waals surface area contributed by atoms with E-state index in [4.69, 9.17) is 20.7 Å². The summed E-state index contributed by atoms with van der Waals surface area (Å²) in [5, 5.41) is 3.69. The lowest BCUT2D eigenvalue weighted by atomic mass is 9.89. The number of ether oxygens (including phenoxy) is 2. The minimum Gasteiger partial charge on any atom is -0.463 e. The van der Waals surface area contributed by atoms with Crippen LogP contribution in [-0.4, -0.2) is 36.9 Å². The Balaban J connectivity index is 2.97. The molecule has 0 aliphatic heterocycles. The van der Waals surface area contributed by atoms with E-state index in [1.54, 1.807) is 13.0 Å². The van der Waals surface area contributed by atoms with Crippen LogP contribution in [-0.2, 0) is 14.3 Å². The largest absolute Gasteiger partial charge is 0.463 e. The number of esters is 1. The van der Waals surface area contributed by atoms with Crippen molar-refractivity contribution in [2.75, 3.05) is 6.61 Å². The van der Waals surface area contributed by atoms with Crippen LogP contribution in [0.5, 0.6) is 0 Å². The number of nitrogens with two attached hydrogens (primary N) is 1. The van der Waals surface area contributed by atoms with E-state index < -0.39 is 24.2 Å². The molecular weight excluding hydrogens is 272 g/mol. The van der Waals surface area contributed by atoms with Crippen molar-refractivity contribution in [1.82, 2.24) is 0 Å². The van der Waals surface area contributed by atoms with Crippen molar-refractivity contribution >= 4 is 5.97 Å². The number of azide groups is 1. The molecule has 0 spiro atoms. The molecule has 0 radical (unpaired) electrons. The van der Waals surface area contributed by atoms with Crippen LogP contribution >= 0.6 is 0 Å². The molecule has 0 aromatic carbocycles. The lowest BCUT2D eigenvalue weighted by Crippen LogP contribution is -2.48. The van der Waals surface area contributed by atoms with Gasteiger partial charge in [-0.15, -0.1) is 0 Å². The number of carbonyl (C=O) groups is 1. The predicted octanol–water partition coefficient (Wildman–Crippen LogP) is 2.46. The van der Waals surface area contributed by atoms with E-state index in [0.29, 0.717) is 12.2 Å². The molecule has 0 heterocycles. The van der Waals surface area contributed by atoms with Crippen LogP contribution in [0, 0.1) is 0 Å². The fourth-order valence-corrected chi connectivity index (χ4v) is 2.35. The Hall–Kier alpha value is -1.56. The molecular formula is C14H24N4O3. The lowest BCUT2D eigenvalue weighted by Gasteiger charge is -2.33. The van der Waals surface area contributed by atoms with Crippen molar-refractivity contribution in [3.05, 3.63) is 22.1 Å². The quantitative estimate of drug-likeness (QED) is 0.336. The average Bonchev–Trinajstić information content (AvgIpc) is 2.48. The van der Waals surface area contributed by atoms with Gasteiger partial charge in [0.15, 0.2) is 0 Å². The van der Waals surface area contributed by atoms with Gasteiger partial charge < -0.3 is 15.2 Å². The number of hydrogen-bond donors (Lipinski definition) is 1. The van der Waals surface area contributed by atoms with Crippen LogP contribution in [0.4, 0.5) is 0 Å². The molecule has 1 aliphatic carbocycles. The zero-order valence-corrected chi connectivity index (χ0v) is 12.9. The normalized spacial score (nSPS) is 25.2. The second-order valence-corrected chi connectivity index (χ2v) is 5.01. The van der Waals surface area contributed by atoms with Crippen molar-refractivity contribution in [2.24, 2.45) is 10.8 Å². The van der Waals surface area contributed by atoms with Gasteiger partial charge in [-0.05, 0) is 37.8 Å². The van der Waals surface area contributed by atoms with Gasteiger partial charge in [0.05, 0.1) is 24.9 Å². The van der Waals surface area contributed by atoms with E-state index in [9.17, 15) is 4.79 Å². The van der Waals surface area contributed by atoms with Gasteiger partial charge in [-0.3, -0.25) is 0 Å². The summed E-state index contributed by atoms with van der Waals surface area (Å²) in [4.78, 5) is 14.7. The highest BCUT2D eigenvalue weighted by atomic mass is 16.5. The van der Waals surface area contributed by atoms with E-state index in [1.165, 1.54) is 0 Å². The van der Waals surface area contributed by atoms with Crippen molar-refractivity contribution in [3.8, 4) is 0 Å². The zero-order valence-electron chi connectivity index (χ0n) is 12.9. The standard InChI is InChI=1S/C14H24N4O3/c1-4-10(5-2)21-12-8-9(14(19)20-6-3)7-11(13(12)15)17-18-16/h8,10-13H,4-7,15H2,1-3H3/t11-,12-,13-/m1/s1. The molecule has 0 saturated carbocycles. The first-order valence-electron chi connectivity index (χ1n) is 7.40. The van der Waals surface area contributed by atoms with Crippen LogP contribution in [0.25, 0.3) is 10.4 Å². The first kappa shape index (κ1) is 17.5. The Morgan fingerprint density at radius 1 is 1.52 bits per heavy atom. The van der Waals surface area contributed by atoms with Crippen LogP contribution < -0.4 is 5.73 Å². The summed E-state index contributed by atoms with van der Waals surface area (Å²) in [7, 11) is 0. The minimum atomic E-state index is -0.501. The zero-order chi connectivity index (χ0) is 15.8. The van der Waals surface area contributed by atoms with Gasteiger partial charge in [0.1, 0.15) is 0 Å².